The monoisotopic (exact) mass is 413 g/mol. The summed E-state index contributed by atoms with van der Waals surface area (Å²) in [5.74, 6) is -4.05. The maximum absolute atomic E-state index is 9.58. The minimum atomic E-state index is -1.37. The van der Waals surface area contributed by atoms with E-state index >= 15 is 0 Å². The van der Waals surface area contributed by atoms with Crippen molar-refractivity contribution in [2.75, 3.05) is 17.3 Å². The Hall–Kier alpha value is -0.141. The van der Waals surface area contributed by atoms with Crippen LogP contribution in [0.3, 0.4) is 0 Å². The van der Waals surface area contributed by atoms with Crippen molar-refractivity contribution < 1.29 is 46.8 Å². The Morgan fingerprint density at radius 1 is 0.682 bits per heavy atom. The molecule has 0 saturated carbocycles. The van der Waals surface area contributed by atoms with Crippen LogP contribution in [0.4, 0.5) is 0 Å². The summed E-state index contributed by atoms with van der Waals surface area (Å²) >= 11 is 10.6. The molecule has 3 N–H and O–H groups in total. The maximum atomic E-state index is 9.58. The average Bonchev–Trinajstić information content (AvgIpc) is 2.45. The molecule has 9 nitrogen and oxygen atoms in total. The molecule has 22 heavy (non-hydrogen) atoms. The normalized spacial score (nSPS) is 12.8. The molecule has 0 aromatic rings. The third-order valence-electron chi connectivity index (χ3n) is 1.40. The second kappa shape index (κ2) is 18.9. The van der Waals surface area contributed by atoms with Crippen LogP contribution in [-0.2, 0) is 31.5 Å². The molecular formula is C9H15FeN3O6S3. The molecule has 0 aliphatic rings. The van der Waals surface area contributed by atoms with Crippen LogP contribution >= 0.6 is 37.9 Å². The van der Waals surface area contributed by atoms with E-state index in [-0.39, 0.29) is 34.3 Å². The van der Waals surface area contributed by atoms with Crippen LogP contribution < -0.4 is 15.3 Å². The maximum Gasteiger partial charge on any atom is 6.00 e. The zero-order valence-electron chi connectivity index (χ0n) is 11.0. The molecule has 0 amide bonds. The fraction of sp³-hybridized carbons (Fsp3) is 0.667. The van der Waals surface area contributed by atoms with Crippen molar-refractivity contribution in [3.8, 4) is 0 Å². The number of rotatable bonds is 6. The molecule has 0 heterocycles. The van der Waals surface area contributed by atoms with Crippen molar-refractivity contribution in [2.24, 2.45) is 0 Å². The average molecular weight is 413 g/mol. The molecular weight excluding hydrogens is 398 g/mol. The fourth-order valence-electron chi connectivity index (χ4n) is 0.224. The van der Waals surface area contributed by atoms with E-state index in [0.717, 1.165) is 0 Å². The molecule has 128 valence electrons. The number of carbonyl (C=O) groups excluding carboxylic acids is 3. The number of thiol groups is 3. The van der Waals surface area contributed by atoms with Gasteiger partial charge >= 0.3 is 17.1 Å². The summed E-state index contributed by atoms with van der Waals surface area (Å²) < 4.78 is 0. The minimum Gasteiger partial charge on any atom is -0.669 e. The van der Waals surface area contributed by atoms with Crippen LogP contribution in [0, 0.1) is 0 Å². The number of aliphatic carboxylic acids is 3. The second-order valence-corrected chi connectivity index (χ2v) is 4.26. The molecule has 0 bridgehead atoms. The van der Waals surface area contributed by atoms with Gasteiger partial charge in [-0.25, -0.2) is 0 Å². The van der Waals surface area contributed by atoms with Gasteiger partial charge in [-0.2, -0.15) is 37.9 Å². The van der Waals surface area contributed by atoms with E-state index in [1.165, 1.54) is 0 Å². The van der Waals surface area contributed by atoms with Crippen LogP contribution in [0.15, 0.2) is 0 Å². The Kier molecular flexibility index (Phi) is 25.6. The first kappa shape index (κ1) is 29.8. The molecule has 13 heteroatoms. The van der Waals surface area contributed by atoms with E-state index < -0.39 is 36.0 Å². The van der Waals surface area contributed by atoms with Gasteiger partial charge in [-0.1, -0.05) is 18.1 Å². The SMILES string of the molecule is [Fe+6].[NH-]C(CS)C(=O)[O-].[NH-]C(CS)C(=O)[O-].[NH-]C(CS)C(=O)[O-]. The van der Waals surface area contributed by atoms with Crippen LogP contribution in [0.2, 0.25) is 0 Å². The molecule has 0 spiro atoms. The van der Waals surface area contributed by atoms with Gasteiger partial charge in [0.2, 0.25) is 0 Å². The predicted molar refractivity (Wildman–Crippen MR) is 80.9 cm³/mol. The van der Waals surface area contributed by atoms with Gasteiger partial charge in [0.15, 0.2) is 0 Å². The van der Waals surface area contributed by atoms with Crippen LogP contribution in [0.1, 0.15) is 0 Å². The molecule has 0 aromatic carbocycles. The van der Waals surface area contributed by atoms with E-state index in [1.807, 2.05) is 0 Å². The predicted octanol–water partition coefficient (Wildman–Crippen LogP) is -2.74. The van der Waals surface area contributed by atoms with Crippen molar-refractivity contribution in [2.45, 2.75) is 18.1 Å². The summed E-state index contributed by atoms with van der Waals surface area (Å²) in [4.78, 5) is 28.7. The summed E-state index contributed by atoms with van der Waals surface area (Å²) in [7, 11) is 0. The molecule has 0 rings (SSSR count). The number of nitrogens with one attached hydrogen (secondary N) is 3. The Bertz CT molecular complexity index is 279. The Morgan fingerprint density at radius 3 is 0.818 bits per heavy atom. The van der Waals surface area contributed by atoms with Gasteiger partial charge < -0.3 is 46.9 Å². The zero-order valence-corrected chi connectivity index (χ0v) is 14.8. The molecule has 0 fully saturated rings. The van der Waals surface area contributed by atoms with Gasteiger partial charge in [0.05, 0.1) is 0 Å². The third-order valence-corrected chi connectivity index (χ3v) is 2.50. The van der Waals surface area contributed by atoms with Crippen LogP contribution in [0.5, 0.6) is 0 Å². The number of hydrogen-bond donors (Lipinski definition) is 3. The van der Waals surface area contributed by atoms with E-state index in [2.05, 4.69) is 37.9 Å². The van der Waals surface area contributed by atoms with Gasteiger partial charge in [0.1, 0.15) is 0 Å². The van der Waals surface area contributed by atoms with Crippen LogP contribution in [-0.4, -0.2) is 53.3 Å². The Balaban J connectivity index is -0.000000108. The summed E-state index contributed by atoms with van der Waals surface area (Å²) in [6.45, 7) is 0. The zero-order chi connectivity index (χ0) is 17.6. The number of carboxylic acids is 3. The number of carbonyl (C=O) groups is 3. The summed E-state index contributed by atoms with van der Waals surface area (Å²) in [6, 6.07) is -3.53. The molecule has 0 aromatic heterocycles. The summed E-state index contributed by atoms with van der Waals surface area (Å²) in [5, 5.41) is 28.7. The van der Waals surface area contributed by atoms with Gasteiger partial charge in [-0.3, -0.25) is 0 Å². The molecule has 0 aliphatic heterocycles. The third kappa shape index (κ3) is 22.1. The van der Waals surface area contributed by atoms with Crippen molar-refractivity contribution in [3.63, 3.8) is 0 Å². The molecule has 3 atom stereocenters. The Labute approximate surface area is 155 Å². The molecule has 0 saturated heterocycles. The van der Waals surface area contributed by atoms with Gasteiger partial charge in [0, 0.05) is 17.9 Å². The minimum absolute atomic E-state index is 0. The van der Waals surface area contributed by atoms with Gasteiger partial charge in [-0.05, 0) is 17.3 Å². The van der Waals surface area contributed by atoms with Crippen molar-refractivity contribution in [3.05, 3.63) is 17.2 Å². The van der Waals surface area contributed by atoms with Gasteiger partial charge in [-0.15, -0.1) is 0 Å². The van der Waals surface area contributed by atoms with E-state index in [1.54, 1.807) is 0 Å². The summed E-state index contributed by atoms with van der Waals surface area (Å²) in [6.07, 6.45) is 0. The summed E-state index contributed by atoms with van der Waals surface area (Å²) in [5.41, 5.74) is 19.6. The van der Waals surface area contributed by atoms with Gasteiger partial charge in [0.25, 0.3) is 0 Å². The fourth-order valence-corrected chi connectivity index (χ4v) is 0.671. The molecule has 0 radical (unpaired) electrons. The van der Waals surface area contributed by atoms with E-state index in [9.17, 15) is 29.7 Å². The molecule has 0 aliphatic carbocycles. The van der Waals surface area contributed by atoms with E-state index in [0.29, 0.717) is 0 Å². The quantitative estimate of drug-likeness (QED) is 0.312. The first-order chi connectivity index (χ1) is 9.54. The van der Waals surface area contributed by atoms with Crippen LogP contribution in [0.25, 0.3) is 17.2 Å². The Morgan fingerprint density at radius 2 is 0.818 bits per heavy atom. The second-order valence-electron chi connectivity index (χ2n) is 3.16. The largest absolute Gasteiger partial charge is 6.00 e. The topological polar surface area (TPSA) is 192 Å². The first-order valence-corrected chi connectivity index (χ1v) is 7.03. The van der Waals surface area contributed by atoms with Crippen molar-refractivity contribution in [1.82, 2.24) is 0 Å². The number of hydrogen-bond acceptors (Lipinski definition) is 9. The molecule has 3 unspecified atom stereocenters. The number of carboxylic acid groups (broad SMARTS) is 3. The van der Waals surface area contributed by atoms with Crippen molar-refractivity contribution >= 4 is 55.8 Å². The smallest absolute Gasteiger partial charge is 0.669 e. The standard InChI is InChI=1S/3C3H6NO2S.Fe/c3*4-2(1-7)3(5)6;/h3*2,4,7H,1H2,(H,5,6);/q3*-1;+6/p-3. The van der Waals surface area contributed by atoms with Crippen molar-refractivity contribution in [1.29, 1.82) is 0 Å². The van der Waals surface area contributed by atoms with E-state index in [4.69, 9.17) is 17.2 Å². The first-order valence-electron chi connectivity index (χ1n) is 5.13.